The summed E-state index contributed by atoms with van der Waals surface area (Å²) in [4.78, 5) is 0. The summed E-state index contributed by atoms with van der Waals surface area (Å²) in [6.07, 6.45) is 0.851. The summed E-state index contributed by atoms with van der Waals surface area (Å²) >= 11 is 0. The molecule has 0 radical (unpaired) electrons. The Kier molecular flexibility index (Phi) is 8.22. The molecule has 0 spiro atoms. The van der Waals surface area contributed by atoms with E-state index in [1.807, 2.05) is 74.5 Å². The average Bonchev–Trinajstić information content (AvgIpc) is 2.85. The van der Waals surface area contributed by atoms with Crippen LogP contribution in [0.5, 0.6) is 0 Å². The van der Waals surface area contributed by atoms with Gasteiger partial charge in [0.05, 0.1) is 19.3 Å². The van der Waals surface area contributed by atoms with Crippen LogP contribution in [0.3, 0.4) is 0 Å². The van der Waals surface area contributed by atoms with Crippen molar-refractivity contribution in [2.45, 2.75) is 75.4 Å². The second kappa shape index (κ2) is 11.2. The van der Waals surface area contributed by atoms with Gasteiger partial charge in [0.15, 0.2) is 12.6 Å². The molecule has 0 saturated carbocycles. The van der Waals surface area contributed by atoms with E-state index in [1.165, 1.54) is 0 Å². The monoisotopic (exact) mass is 480 g/mol. The first-order valence-corrected chi connectivity index (χ1v) is 12.2. The molecule has 2 aliphatic heterocycles. The van der Waals surface area contributed by atoms with Gasteiger partial charge in [-0.1, -0.05) is 72.8 Å². The summed E-state index contributed by atoms with van der Waals surface area (Å²) in [6, 6.07) is 19.6. The molecule has 2 heterocycles. The molecule has 0 bridgehead atoms. The van der Waals surface area contributed by atoms with Crippen molar-refractivity contribution in [2.24, 2.45) is 0 Å². The molecule has 0 aliphatic carbocycles. The maximum absolute atomic E-state index is 12.1. The SMILES string of the molecule is C=CC[C@@]12COC(c3ccccc3)O[C@H]1[C@H](OCc1ccccc1)[C@@](O)(CC=C)[C@H](OC(C)C)O2. The molecular formula is C29H36O6. The van der Waals surface area contributed by atoms with Crippen LogP contribution in [0.1, 0.15) is 44.1 Å². The van der Waals surface area contributed by atoms with E-state index in [0.717, 1.165) is 11.1 Å². The Balaban J connectivity index is 1.74. The van der Waals surface area contributed by atoms with Crippen LogP contribution < -0.4 is 0 Å². The summed E-state index contributed by atoms with van der Waals surface area (Å²) in [7, 11) is 0. The van der Waals surface area contributed by atoms with Gasteiger partial charge < -0.3 is 28.8 Å². The maximum atomic E-state index is 12.1. The molecule has 1 N–H and O–H groups in total. The maximum Gasteiger partial charge on any atom is 0.190 e. The third kappa shape index (κ3) is 5.43. The van der Waals surface area contributed by atoms with Gasteiger partial charge in [0.2, 0.25) is 0 Å². The Morgan fingerprint density at radius 3 is 2.31 bits per heavy atom. The van der Waals surface area contributed by atoms with E-state index in [9.17, 15) is 5.11 Å². The highest BCUT2D eigenvalue weighted by Crippen LogP contribution is 2.48. The van der Waals surface area contributed by atoms with Crippen LogP contribution >= 0.6 is 0 Å². The molecule has 2 saturated heterocycles. The summed E-state index contributed by atoms with van der Waals surface area (Å²) in [5.41, 5.74) is -0.604. The van der Waals surface area contributed by atoms with E-state index in [-0.39, 0.29) is 19.1 Å². The number of benzene rings is 2. The van der Waals surface area contributed by atoms with Crippen LogP contribution in [-0.4, -0.2) is 47.5 Å². The molecule has 6 nitrogen and oxygen atoms in total. The van der Waals surface area contributed by atoms with Crippen LogP contribution in [0, 0.1) is 0 Å². The third-order valence-electron chi connectivity index (χ3n) is 6.49. The first kappa shape index (κ1) is 25.8. The highest BCUT2D eigenvalue weighted by Gasteiger charge is 2.64. The summed E-state index contributed by atoms with van der Waals surface area (Å²) in [5.74, 6) is 0. The van der Waals surface area contributed by atoms with E-state index in [1.54, 1.807) is 12.2 Å². The number of ether oxygens (including phenoxy) is 5. The van der Waals surface area contributed by atoms with Crippen molar-refractivity contribution in [3.05, 3.63) is 97.1 Å². The lowest BCUT2D eigenvalue weighted by atomic mass is 9.76. The molecule has 1 unspecified atom stereocenters. The van der Waals surface area contributed by atoms with Crippen molar-refractivity contribution in [3.8, 4) is 0 Å². The standard InChI is InChI=1S/C29H36O6/c1-5-17-28-20-32-26(23-15-11-8-12-16-23)34-24(28)25(31-19-22-13-9-7-10-14-22)29(30,18-6-2)27(35-28)33-21(3)4/h5-16,21,24-27,30H,1-2,17-20H2,3-4H3/t24-,25-,26?,27+,28+,29-/m0/s1. The molecular weight excluding hydrogens is 444 g/mol. The van der Waals surface area contributed by atoms with E-state index >= 15 is 0 Å². The highest BCUT2D eigenvalue weighted by atomic mass is 16.8. The van der Waals surface area contributed by atoms with Gasteiger partial charge in [0, 0.05) is 12.0 Å². The Hall–Kier alpha value is -2.32. The molecule has 188 valence electrons. The van der Waals surface area contributed by atoms with Gasteiger partial charge in [-0.2, -0.15) is 0 Å². The minimum Gasteiger partial charge on any atom is -0.381 e. The van der Waals surface area contributed by atoms with E-state index in [0.29, 0.717) is 13.0 Å². The van der Waals surface area contributed by atoms with E-state index < -0.39 is 36.0 Å². The molecule has 4 rings (SSSR count). The van der Waals surface area contributed by atoms with Crippen LogP contribution in [-0.2, 0) is 30.3 Å². The quantitative estimate of drug-likeness (QED) is 0.478. The van der Waals surface area contributed by atoms with Gasteiger partial charge in [0.1, 0.15) is 23.4 Å². The van der Waals surface area contributed by atoms with E-state index in [4.69, 9.17) is 23.7 Å². The number of hydrogen-bond acceptors (Lipinski definition) is 6. The van der Waals surface area contributed by atoms with Gasteiger partial charge in [-0.25, -0.2) is 0 Å². The van der Waals surface area contributed by atoms with Gasteiger partial charge in [-0.15, -0.1) is 13.2 Å². The molecule has 0 amide bonds. The molecule has 6 heteroatoms. The van der Waals surface area contributed by atoms with Gasteiger partial charge in [-0.05, 0) is 25.8 Å². The zero-order valence-electron chi connectivity index (χ0n) is 20.5. The summed E-state index contributed by atoms with van der Waals surface area (Å²) < 4.78 is 31.9. The summed E-state index contributed by atoms with van der Waals surface area (Å²) in [6.45, 7) is 12.2. The van der Waals surface area contributed by atoms with Crippen LogP contribution in [0.4, 0.5) is 0 Å². The van der Waals surface area contributed by atoms with Crippen molar-refractivity contribution in [3.63, 3.8) is 0 Å². The van der Waals surface area contributed by atoms with Crippen molar-refractivity contribution in [2.75, 3.05) is 6.61 Å². The molecule has 0 aromatic heterocycles. The minimum absolute atomic E-state index is 0.189. The third-order valence-corrected chi connectivity index (χ3v) is 6.49. The molecule has 2 aromatic carbocycles. The Labute approximate surface area is 208 Å². The van der Waals surface area contributed by atoms with Crippen LogP contribution in [0.25, 0.3) is 0 Å². The molecule has 2 aliphatic rings. The van der Waals surface area contributed by atoms with Crippen molar-refractivity contribution in [1.82, 2.24) is 0 Å². The second-order valence-electron chi connectivity index (χ2n) is 9.50. The largest absolute Gasteiger partial charge is 0.381 e. The predicted octanol–water partition coefficient (Wildman–Crippen LogP) is 5.09. The molecule has 35 heavy (non-hydrogen) atoms. The first-order chi connectivity index (χ1) is 16.9. The summed E-state index contributed by atoms with van der Waals surface area (Å²) in [5, 5.41) is 12.1. The average molecular weight is 481 g/mol. The lowest BCUT2D eigenvalue weighted by molar-refractivity contribution is -0.425. The van der Waals surface area contributed by atoms with Crippen molar-refractivity contribution >= 4 is 0 Å². The van der Waals surface area contributed by atoms with Crippen LogP contribution in [0.15, 0.2) is 86.0 Å². The van der Waals surface area contributed by atoms with Gasteiger partial charge >= 0.3 is 0 Å². The zero-order chi connectivity index (χ0) is 24.9. The van der Waals surface area contributed by atoms with Gasteiger partial charge in [-0.3, -0.25) is 0 Å². The predicted molar refractivity (Wildman–Crippen MR) is 133 cm³/mol. The number of fused-ring (bicyclic) bond motifs is 1. The van der Waals surface area contributed by atoms with Crippen molar-refractivity contribution in [1.29, 1.82) is 0 Å². The molecule has 6 atom stereocenters. The number of rotatable bonds is 10. The highest BCUT2D eigenvalue weighted by molar-refractivity contribution is 5.20. The Morgan fingerprint density at radius 2 is 1.69 bits per heavy atom. The molecule has 2 fully saturated rings. The fraction of sp³-hybridized carbons (Fsp3) is 0.448. The van der Waals surface area contributed by atoms with Gasteiger partial charge in [0.25, 0.3) is 0 Å². The van der Waals surface area contributed by atoms with Crippen LogP contribution in [0.2, 0.25) is 0 Å². The minimum atomic E-state index is -1.53. The fourth-order valence-corrected chi connectivity index (χ4v) is 4.84. The second-order valence-corrected chi connectivity index (χ2v) is 9.50. The topological polar surface area (TPSA) is 66.4 Å². The Bertz CT molecular complexity index is 964. The lowest BCUT2D eigenvalue weighted by Crippen LogP contribution is -2.74. The van der Waals surface area contributed by atoms with E-state index in [2.05, 4.69) is 13.2 Å². The fourth-order valence-electron chi connectivity index (χ4n) is 4.84. The zero-order valence-corrected chi connectivity index (χ0v) is 20.5. The Morgan fingerprint density at radius 1 is 1.03 bits per heavy atom. The normalized spacial score (nSPS) is 32.7. The molecule has 2 aromatic rings. The number of aliphatic hydroxyl groups is 1. The number of hydrogen-bond donors (Lipinski definition) is 1. The lowest BCUT2D eigenvalue weighted by Gasteiger charge is -2.58. The first-order valence-electron chi connectivity index (χ1n) is 12.2. The van der Waals surface area contributed by atoms with Crippen molar-refractivity contribution < 1.29 is 28.8 Å². The smallest absolute Gasteiger partial charge is 0.190 e.